The maximum atomic E-state index is 12.5. The second-order valence-corrected chi connectivity index (χ2v) is 5.44. The van der Waals surface area contributed by atoms with Crippen molar-refractivity contribution >= 4 is 17.5 Å². The Morgan fingerprint density at radius 3 is 2.83 bits per heavy atom. The zero-order valence-electron chi connectivity index (χ0n) is 12.7. The van der Waals surface area contributed by atoms with Gasteiger partial charge >= 0.3 is 0 Å². The molecule has 1 N–H and O–H groups in total. The number of hydrogen-bond donors (Lipinski definition) is 1. The van der Waals surface area contributed by atoms with Gasteiger partial charge in [0.2, 0.25) is 5.95 Å². The fraction of sp³-hybridized carbons (Fsp3) is 0.294. The van der Waals surface area contributed by atoms with Gasteiger partial charge in [0, 0.05) is 25.0 Å². The molecule has 0 atom stereocenters. The van der Waals surface area contributed by atoms with Crippen molar-refractivity contribution in [3.05, 3.63) is 47.8 Å². The van der Waals surface area contributed by atoms with Crippen LogP contribution in [0.25, 0.3) is 0 Å². The van der Waals surface area contributed by atoms with Crippen LogP contribution < -0.4 is 5.32 Å². The van der Waals surface area contributed by atoms with Crippen molar-refractivity contribution in [3.8, 4) is 6.07 Å². The second-order valence-electron chi connectivity index (χ2n) is 5.44. The van der Waals surface area contributed by atoms with Gasteiger partial charge in [0.25, 0.3) is 5.91 Å². The molecule has 3 rings (SSSR count). The molecule has 1 aliphatic heterocycles. The topological polar surface area (TPSA) is 81.9 Å². The largest absolute Gasteiger partial charge is 0.337 e. The van der Waals surface area contributed by atoms with E-state index < -0.39 is 0 Å². The first-order valence-electron chi connectivity index (χ1n) is 7.66. The number of rotatable bonds is 3. The number of piperidine rings is 1. The molecule has 1 aromatic heterocycles. The van der Waals surface area contributed by atoms with Crippen molar-refractivity contribution in [1.82, 2.24) is 14.9 Å². The normalized spacial score (nSPS) is 14.1. The fourth-order valence-electron chi connectivity index (χ4n) is 2.59. The number of amides is 1. The van der Waals surface area contributed by atoms with E-state index in [1.54, 1.807) is 30.5 Å². The number of anilines is 2. The molecule has 23 heavy (non-hydrogen) atoms. The number of aromatic nitrogens is 2. The van der Waals surface area contributed by atoms with Crippen molar-refractivity contribution in [3.63, 3.8) is 0 Å². The molecule has 1 saturated heterocycles. The SMILES string of the molecule is N#Cc1cccc(Nc2nccc(C(=O)N3CCCCC3)n2)c1. The smallest absolute Gasteiger partial charge is 0.272 e. The molecule has 2 heterocycles. The van der Waals surface area contributed by atoms with Crippen LogP contribution in [0.4, 0.5) is 11.6 Å². The Balaban J connectivity index is 1.76. The lowest BCUT2D eigenvalue weighted by atomic mass is 10.1. The Bertz CT molecular complexity index is 747. The van der Waals surface area contributed by atoms with E-state index in [1.165, 1.54) is 6.42 Å². The molecule has 0 radical (unpaired) electrons. The van der Waals surface area contributed by atoms with Gasteiger partial charge in [0.15, 0.2) is 0 Å². The van der Waals surface area contributed by atoms with Crippen molar-refractivity contribution in [2.24, 2.45) is 0 Å². The van der Waals surface area contributed by atoms with Gasteiger partial charge in [-0.05, 0) is 43.5 Å². The highest BCUT2D eigenvalue weighted by molar-refractivity contribution is 5.92. The van der Waals surface area contributed by atoms with Gasteiger partial charge in [-0.1, -0.05) is 6.07 Å². The van der Waals surface area contributed by atoms with Gasteiger partial charge < -0.3 is 10.2 Å². The number of carbonyl (C=O) groups excluding carboxylic acids is 1. The van der Waals surface area contributed by atoms with Gasteiger partial charge in [-0.15, -0.1) is 0 Å². The second kappa shape index (κ2) is 6.88. The van der Waals surface area contributed by atoms with E-state index in [1.807, 2.05) is 11.0 Å². The standard InChI is InChI=1S/C17H17N5O/c18-12-13-5-4-6-14(11-13)20-17-19-8-7-15(21-17)16(23)22-9-2-1-3-10-22/h4-8,11H,1-3,9-10H2,(H,19,20,21). The highest BCUT2D eigenvalue weighted by atomic mass is 16.2. The number of nitriles is 1. The first kappa shape index (κ1) is 15.0. The Hall–Kier alpha value is -2.94. The summed E-state index contributed by atoms with van der Waals surface area (Å²) in [4.78, 5) is 22.8. The summed E-state index contributed by atoms with van der Waals surface area (Å²) in [6.07, 6.45) is 4.84. The van der Waals surface area contributed by atoms with E-state index in [9.17, 15) is 4.79 Å². The quantitative estimate of drug-likeness (QED) is 0.942. The summed E-state index contributed by atoms with van der Waals surface area (Å²) in [6, 6.07) is 10.8. The Morgan fingerprint density at radius 2 is 2.04 bits per heavy atom. The van der Waals surface area contributed by atoms with Crippen LogP contribution in [0, 0.1) is 11.3 Å². The van der Waals surface area contributed by atoms with E-state index in [0.717, 1.165) is 25.9 Å². The van der Waals surface area contributed by atoms with E-state index >= 15 is 0 Å². The van der Waals surface area contributed by atoms with Gasteiger partial charge in [0.05, 0.1) is 11.6 Å². The first-order valence-corrected chi connectivity index (χ1v) is 7.66. The number of likely N-dealkylation sites (tertiary alicyclic amines) is 1. The molecule has 0 saturated carbocycles. The minimum Gasteiger partial charge on any atom is -0.337 e. The predicted molar refractivity (Wildman–Crippen MR) is 86.2 cm³/mol. The molecule has 6 heteroatoms. The average Bonchev–Trinajstić information content (AvgIpc) is 2.62. The molecule has 0 unspecified atom stereocenters. The lowest BCUT2D eigenvalue weighted by Gasteiger charge is -2.26. The maximum Gasteiger partial charge on any atom is 0.272 e. The van der Waals surface area contributed by atoms with Gasteiger partial charge in [-0.3, -0.25) is 4.79 Å². The van der Waals surface area contributed by atoms with E-state index in [0.29, 0.717) is 22.9 Å². The molecule has 0 aliphatic carbocycles. The first-order chi connectivity index (χ1) is 11.3. The summed E-state index contributed by atoms with van der Waals surface area (Å²) in [5, 5.41) is 12.0. The van der Waals surface area contributed by atoms with E-state index in [2.05, 4.69) is 21.4 Å². The third-order valence-electron chi connectivity index (χ3n) is 3.77. The summed E-state index contributed by atoms with van der Waals surface area (Å²) in [5.74, 6) is 0.295. The van der Waals surface area contributed by atoms with Crippen molar-refractivity contribution in [1.29, 1.82) is 5.26 Å². The molecular weight excluding hydrogens is 290 g/mol. The molecule has 0 spiro atoms. The van der Waals surface area contributed by atoms with E-state index in [4.69, 9.17) is 5.26 Å². The lowest BCUT2D eigenvalue weighted by Crippen LogP contribution is -2.36. The molecule has 6 nitrogen and oxygen atoms in total. The molecule has 2 aromatic rings. The molecule has 0 bridgehead atoms. The maximum absolute atomic E-state index is 12.5. The van der Waals surface area contributed by atoms with Gasteiger partial charge in [0.1, 0.15) is 5.69 Å². The Morgan fingerprint density at radius 1 is 1.22 bits per heavy atom. The van der Waals surface area contributed by atoms with Crippen LogP contribution >= 0.6 is 0 Å². The van der Waals surface area contributed by atoms with Gasteiger partial charge in [-0.25, -0.2) is 9.97 Å². The Labute approximate surface area is 134 Å². The summed E-state index contributed by atoms with van der Waals surface area (Å²) < 4.78 is 0. The molecule has 1 aliphatic rings. The third kappa shape index (κ3) is 3.64. The molecular formula is C17H17N5O. The highest BCUT2D eigenvalue weighted by Gasteiger charge is 2.19. The Kier molecular flexibility index (Phi) is 4.48. The molecule has 1 aromatic carbocycles. The molecule has 1 fully saturated rings. The lowest BCUT2D eigenvalue weighted by molar-refractivity contribution is 0.0718. The fourth-order valence-corrected chi connectivity index (χ4v) is 2.59. The minimum absolute atomic E-state index is 0.0547. The zero-order valence-corrected chi connectivity index (χ0v) is 12.7. The molecule has 116 valence electrons. The number of nitrogens with one attached hydrogen (secondary N) is 1. The number of benzene rings is 1. The summed E-state index contributed by atoms with van der Waals surface area (Å²) in [5.41, 5.74) is 1.66. The van der Waals surface area contributed by atoms with Crippen LogP contribution in [-0.2, 0) is 0 Å². The van der Waals surface area contributed by atoms with Crippen LogP contribution in [0.3, 0.4) is 0 Å². The van der Waals surface area contributed by atoms with Gasteiger partial charge in [-0.2, -0.15) is 5.26 Å². The van der Waals surface area contributed by atoms with Crippen molar-refractivity contribution < 1.29 is 4.79 Å². The van der Waals surface area contributed by atoms with Crippen LogP contribution in [0.15, 0.2) is 36.5 Å². The number of carbonyl (C=O) groups is 1. The number of hydrogen-bond acceptors (Lipinski definition) is 5. The average molecular weight is 307 g/mol. The highest BCUT2D eigenvalue weighted by Crippen LogP contribution is 2.16. The van der Waals surface area contributed by atoms with Crippen molar-refractivity contribution in [2.75, 3.05) is 18.4 Å². The molecule has 1 amide bonds. The van der Waals surface area contributed by atoms with Crippen LogP contribution in [-0.4, -0.2) is 33.9 Å². The number of nitrogens with zero attached hydrogens (tertiary/aromatic N) is 4. The van der Waals surface area contributed by atoms with Crippen molar-refractivity contribution in [2.45, 2.75) is 19.3 Å². The minimum atomic E-state index is -0.0547. The summed E-state index contributed by atoms with van der Waals surface area (Å²) in [7, 11) is 0. The predicted octanol–water partition coefficient (Wildman–Crippen LogP) is 2.72. The van der Waals surface area contributed by atoms with E-state index in [-0.39, 0.29) is 5.91 Å². The summed E-state index contributed by atoms with van der Waals surface area (Å²) >= 11 is 0. The third-order valence-corrected chi connectivity index (χ3v) is 3.77. The van der Waals surface area contributed by atoms with Crippen LogP contribution in [0.2, 0.25) is 0 Å². The monoisotopic (exact) mass is 307 g/mol. The zero-order chi connectivity index (χ0) is 16.1. The van der Waals surface area contributed by atoms with Crippen LogP contribution in [0.5, 0.6) is 0 Å². The van der Waals surface area contributed by atoms with Crippen LogP contribution in [0.1, 0.15) is 35.3 Å². The summed E-state index contributed by atoms with van der Waals surface area (Å²) in [6.45, 7) is 1.58.